The number of hydrogen-bond acceptors (Lipinski definition) is 3. The molecule has 0 saturated carbocycles. The van der Waals surface area contributed by atoms with Crippen LogP contribution >= 0.6 is 0 Å². The van der Waals surface area contributed by atoms with E-state index in [1.807, 2.05) is 12.1 Å². The number of carbonyl (C=O) groups is 2. The number of primary amides is 1. The molecule has 1 aromatic carbocycles. The molecule has 2 aromatic rings. The molecular weight excluding hydrogens is 304 g/mol. The van der Waals surface area contributed by atoms with Gasteiger partial charge in [-0.05, 0) is 23.1 Å². The Morgan fingerprint density at radius 1 is 1.17 bits per heavy atom. The highest BCUT2D eigenvalue weighted by molar-refractivity contribution is 5.98. The Hall–Kier alpha value is -2.60. The Kier molecular flexibility index (Phi) is 5.41. The number of hydrogen-bond donors (Lipinski definition) is 3. The number of nitrogens with two attached hydrogens (primary N) is 2. The summed E-state index contributed by atoms with van der Waals surface area (Å²) in [5.41, 5.74) is 14.2. The van der Waals surface area contributed by atoms with E-state index in [0.717, 1.165) is 5.56 Å². The summed E-state index contributed by atoms with van der Waals surface area (Å²) in [6.45, 7) is 4.57. The van der Waals surface area contributed by atoms with Gasteiger partial charge < -0.3 is 21.4 Å². The van der Waals surface area contributed by atoms with Crippen molar-refractivity contribution in [2.75, 3.05) is 6.54 Å². The van der Waals surface area contributed by atoms with Crippen molar-refractivity contribution in [3.8, 4) is 0 Å². The summed E-state index contributed by atoms with van der Waals surface area (Å²) >= 11 is 0. The van der Waals surface area contributed by atoms with Crippen molar-refractivity contribution in [2.45, 2.75) is 25.8 Å². The topological polar surface area (TPSA) is 103 Å². The molecule has 2 amide bonds. The van der Waals surface area contributed by atoms with Gasteiger partial charge in [0.25, 0.3) is 5.91 Å². The fourth-order valence-corrected chi connectivity index (χ4v) is 2.46. The van der Waals surface area contributed by atoms with Crippen LogP contribution in [0.15, 0.2) is 36.5 Å². The van der Waals surface area contributed by atoms with E-state index in [0.29, 0.717) is 23.7 Å². The van der Waals surface area contributed by atoms with Crippen LogP contribution in [0.1, 0.15) is 57.8 Å². The van der Waals surface area contributed by atoms with Gasteiger partial charge in [0.2, 0.25) is 5.91 Å². The largest absolute Gasteiger partial charge is 0.366 e. The molecule has 24 heavy (non-hydrogen) atoms. The predicted molar refractivity (Wildman–Crippen MR) is 93.7 cm³/mol. The molecule has 128 valence electrons. The number of amides is 2. The molecule has 5 N–H and O–H groups in total. The van der Waals surface area contributed by atoms with Crippen LogP contribution in [0.3, 0.4) is 0 Å². The van der Waals surface area contributed by atoms with E-state index in [-0.39, 0.29) is 11.9 Å². The molecule has 0 spiro atoms. The molecular formula is C18H24N4O2. The summed E-state index contributed by atoms with van der Waals surface area (Å²) < 4.78 is 1.57. The first-order chi connectivity index (χ1) is 11.3. The zero-order valence-electron chi connectivity index (χ0n) is 14.2. The van der Waals surface area contributed by atoms with Crippen LogP contribution in [-0.4, -0.2) is 22.9 Å². The van der Waals surface area contributed by atoms with E-state index in [1.54, 1.807) is 11.6 Å². The molecule has 6 heteroatoms. The maximum Gasteiger partial charge on any atom is 0.267 e. The number of aryl methyl sites for hydroxylation is 1. The van der Waals surface area contributed by atoms with Gasteiger partial charge in [-0.1, -0.05) is 38.1 Å². The number of rotatable bonds is 6. The first-order valence-corrected chi connectivity index (χ1v) is 7.89. The molecule has 1 atom stereocenters. The minimum Gasteiger partial charge on any atom is -0.366 e. The van der Waals surface area contributed by atoms with Crippen LogP contribution in [0.2, 0.25) is 0 Å². The first kappa shape index (κ1) is 17.7. The van der Waals surface area contributed by atoms with Gasteiger partial charge in [0, 0.05) is 25.8 Å². The minimum atomic E-state index is -0.563. The highest BCUT2D eigenvalue weighted by atomic mass is 16.2. The van der Waals surface area contributed by atoms with Gasteiger partial charge in [-0.2, -0.15) is 0 Å². The highest BCUT2D eigenvalue weighted by Crippen LogP contribution is 2.17. The number of carbonyl (C=O) groups excluding carboxylic acids is 2. The molecule has 0 aliphatic rings. The summed E-state index contributed by atoms with van der Waals surface area (Å²) in [6, 6.07) is 9.25. The Morgan fingerprint density at radius 2 is 1.75 bits per heavy atom. The minimum absolute atomic E-state index is 0.292. The quantitative estimate of drug-likeness (QED) is 0.751. The van der Waals surface area contributed by atoms with Crippen molar-refractivity contribution in [3.05, 3.63) is 58.9 Å². The van der Waals surface area contributed by atoms with Gasteiger partial charge in [-0.25, -0.2) is 0 Å². The second-order valence-electron chi connectivity index (χ2n) is 6.23. The Labute approximate surface area is 141 Å². The van der Waals surface area contributed by atoms with Crippen LogP contribution in [0.25, 0.3) is 0 Å². The molecule has 2 rings (SSSR count). The SMILES string of the molecule is CC(C)c1ccc(C(N)CNC(=O)c2cc(C(N)=O)cn2C)cc1. The molecule has 1 aromatic heterocycles. The van der Waals surface area contributed by atoms with Crippen LogP contribution in [0.5, 0.6) is 0 Å². The summed E-state index contributed by atoms with van der Waals surface area (Å²) in [6.07, 6.45) is 1.53. The van der Waals surface area contributed by atoms with Gasteiger partial charge in [0.15, 0.2) is 0 Å². The van der Waals surface area contributed by atoms with Gasteiger partial charge in [0.1, 0.15) is 5.69 Å². The molecule has 6 nitrogen and oxygen atoms in total. The van der Waals surface area contributed by atoms with E-state index in [2.05, 4.69) is 31.3 Å². The van der Waals surface area contributed by atoms with E-state index in [1.165, 1.54) is 17.8 Å². The monoisotopic (exact) mass is 328 g/mol. The molecule has 0 fully saturated rings. The van der Waals surface area contributed by atoms with Crippen molar-refractivity contribution in [1.82, 2.24) is 9.88 Å². The lowest BCUT2D eigenvalue weighted by Gasteiger charge is -2.15. The number of aromatic nitrogens is 1. The summed E-state index contributed by atoms with van der Waals surface area (Å²) in [5, 5.41) is 2.79. The van der Waals surface area contributed by atoms with E-state index < -0.39 is 5.91 Å². The van der Waals surface area contributed by atoms with Crippen LogP contribution in [0.4, 0.5) is 0 Å². The maximum atomic E-state index is 12.2. The predicted octanol–water partition coefficient (Wildman–Crippen LogP) is 1.68. The molecule has 1 heterocycles. The average Bonchev–Trinajstić information content (AvgIpc) is 2.94. The lowest BCUT2D eigenvalue weighted by atomic mass is 9.99. The molecule has 0 saturated heterocycles. The Morgan fingerprint density at radius 3 is 2.25 bits per heavy atom. The fourth-order valence-electron chi connectivity index (χ4n) is 2.46. The molecule has 1 unspecified atom stereocenters. The zero-order valence-corrected chi connectivity index (χ0v) is 14.2. The van der Waals surface area contributed by atoms with E-state index in [9.17, 15) is 9.59 Å². The first-order valence-electron chi connectivity index (χ1n) is 7.89. The van der Waals surface area contributed by atoms with Gasteiger partial charge in [-0.15, -0.1) is 0 Å². The number of nitrogens with zero attached hydrogens (tertiary/aromatic N) is 1. The lowest BCUT2D eigenvalue weighted by Crippen LogP contribution is -2.32. The number of benzene rings is 1. The summed E-state index contributed by atoms with van der Waals surface area (Å²) in [5.74, 6) is -0.391. The van der Waals surface area contributed by atoms with Gasteiger partial charge in [-0.3, -0.25) is 9.59 Å². The third-order valence-corrected chi connectivity index (χ3v) is 4.04. The summed E-state index contributed by atoms with van der Waals surface area (Å²) in [7, 11) is 1.69. The fraction of sp³-hybridized carbons (Fsp3) is 0.333. The molecule has 0 bridgehead atoms. The normalized spacial score (nSPS) is 12.2. The number of nitrogens with one attached hydrogen (secondary N) is 1. The van der Waals surface area contributed by atoms with Crippen LogP contribution in [-0.2, 0) is 7.05 Å². The average molecular weight is 328 g/mol. The lowest BCUT2D eigenvalue weighted by molar-refractivity contribution is 0.0942. The molecule has 0 radical (unpaired) electrons. The highest BCUT2D eigenvalue weighted by Gasteiger charge is 2.15. The summed E-state index contributed by atoms with van der Waals surface area (Å²) in [4.78, 5) is 23.4. The third-order valence-electron chi connectivity index (χ3n) is 4.04. The van der Waals surface area contributed by atoms with Crippen LogP contribution in [0, 0.1) is 0 Å². The smallest absolute Gasteiger partial charge is 0.267 e. The van der Waals surface area contributed by atoms with Crippen molar-refractivity contribution >= 4 is 11.8 Å². The van der Waals surface area contributed by atoms with Gasteiger partial charge >= 0.3 is 0 Å². The Bertz CT molecular complexity index is 732. The third kappa shape index (κ3) is 4.02. The van der Waals surface area contributed by atoms with Crippen molar-refractivity contribution in [2.24, 2.45) is 18.5 Å². The second-order valence-corrected chi connectivity index (χ2v) is 6.23. The molecule has 0 aliphatic heterocycles. The van der Waals surface area contributed by atoms with E-state index in [4.69, 9.17) is 11.5 Å². The van der Waals surface area contributed by atoms with Crippen molar-refractivity contribution < 1.29 is 9.59 Å². The maximum absolute atomic E-state index is 12.2. The van der Waals surface area contributed by atoms with Crippen LogP contribution < -0.4 is 16.8 Å². The van der Waals surface area contributed by atoms with Crippen molar-refractivity contribution in [1.29, 1.82) is 0 Å². The second kappa shape index (κ2) is 7.31. The molecule has 0 aliphatic carbocycles. The Balaban J connectivity index is 1.99. The van der Waals surface area contributed by atoms with E-state index >= 15 is 0 Å². The zero-order chi connectivity index (χ0) is 17.9. The van der Waals surface area contributed by atoms with Crippen molar-refractivity contribution in [3.63, 3.8) is 0 Å². The van der Waals surface area contributed by atoms with Gasteiger partial charge in [0.05, 0.1) is 5.56 Å². The standard InChI is InChI=1S/C18H24N4O2/c1-11(2)12-4-6-13(7-5-12)15(19)9-21-18(24)16-8-14(17(20)23)10-22(16)3/h4-8,10-11,15H,9,19H2,1-3H3,(H2,20,23)(H,21,24).